The maximum Gasteiger partial charge on any atom is 0.410 e. The fourth-order valence-corrected chi connectivity index (χ4v) is 10.4. The van der Waals surface area contributed by atoms with Crippen LogP contribution in [0.1, 0.15) is 50.7 Å². The first-order valence-electron chi connectivity index (χ1n) is 17.7. The zero-order valence-electron chi connectivity index (χ0n) is 28.8. The van der Waals surface area contributed by atoms with Crippen LogP contribution in [0.3, 0.4) is 0 Å². The molecule has 0 radical (unpaired) electrons. The van der Waals surface area contributed by atoms with E-state index in [9.17, 15) is 18.0 Å². The second-order valence-electron chi connectivity index (χ2n) is 15.4. The molecule has 4 aliphatic heterocycles. The number of benzene rings is 2. The highest BCUT2D eigenvalue weighted by atomic mass is 35.5. The maximum atomic E-state index is 13.8. The van der Waals surface area contributed by atoms with Crippen molar-refractivity contribution in [3.8, 4) is 5.75 Å². The fraction of sp³-hybridized carbons (Fsp3) is 0.568. The molecule has 2 saturated heterocycles. The number of rotatable bonds is 1. The summed E-state index contributed by atoms with van der Waals surface area (Å²) in [6, 6.07) is 11.0. The van der Waals surface area contributed by atoms with Gasteiger partial charge in [0, 0.05) is 48.6 Å². The molecule has 50 heavy (non-hydrogen) atoms. The summed E-state index contributed by atoms with van der Waals surface area (Å²) >= 11 is 6.46. The molecular weight excluding hydrogens is 680 g/mol. The summed E-state index contributed by atoms with van der Waals surface area (Å²) in [6.07, 6.45) is 7.53. The first kappa shape index (κ1) is 33.8. The van der Waals surface area contributed by atoms with Crippen LogP contribution >= 0.6 is 11.6 Å². The number of likely N-dealkylation sites (N-methyl/N-ethyl adjacent to an activating group) is 1. The molecule has 2 amide bonds. The minimum Gasteiger partial charge on any atom is -0.490 e. The number of fused-ring (bicyclic) bond motifs is 3. The number of amides is 2. The Morgan fingerprint density at radius 1 is 1.10 bits per heavy atom. The molecule has 1 unspecified atom stereocenters. The van der Waals surface area contributed by atoms with E-state index in [1.165, 1.54) is 17.2 Å². The van der Waals surface area contributed by atoms with E-state index in [1.807, 2.05) is 23.1 Å². The third kappa shape index (κ3) is 5.66. The fourth-order valence-electron chi connectivity index (χ4n) is 9.05. The van der Waals surface area contributed by atoms with Crippen molar-refractivity contribution in [2.45, 2.75) is 80.0 Å². The Morgan fingerprint density at radius 3 is 2.74 bits per heavy atom. The van der Waals surface area contributed by atoms with Gasteiger partial charge in [-0.25, -0.2) is 17.9 Å². The third-order valence-electron chi connectivity index (χ3n) is 12.2. The van der Waals surface area contributed by atoms with Crippen LogP contribution in [0.2, 0.25) is 5.02 Å². The Bertz CT molecular complexity index is 1850. The second-order valence-corrected chi connectivity index (χ2v) is 17.6. The molecule has 1 N–H and O–H groups in total. The molecule has 2 aromatic rings. The molecule has 8 rings (SSSR count). The van der Waals surface area contributed by atoms with Crippen LogP contribution in [0.5, 0.6) is 5.75 Å². The smallest absolute Gasteiger partial charge is 0.410 e. The van der Waals surface area contributed by atoms with Gasteiger partial charge in [-0.3, -0.25) is 14.6 Å². The predicted octanol–water partition coefficient (Wildman–Crippen LogP) is 4.51. The van der Waals surface area contributed by atoms with Gasteiger partial charge in [-0.1, -0.05) is 23.7 Å². The van der Waals surface area contributed by atoms with Gasteiger partial charge in [-0.15, -0.1) is 0 Å². The number of aryl methyl sites for hydroxylation is 1. The van der Waals surface area contributed by atoms with E-state index in [2.05, 4.69) is 21.8 Å². The van der Waals surface area contributed by atoms with E-state index in [4.69, 9.17) is 25.8 Å². The largest absolute Gasteiger partial charge is 0.490 e. The van der Waals surface area contributed by atoms with Gasteiger partial charge in [0.25, 0.3) is 15.9 Å². The van der Waals surface area contributed by atoms with Crippen LogP contribution in [0.4, 0.5) is 10.5 Å². The molecule has 6 atom stereocenters. The number of nitrogens with one attached hydrogen (secondary N) is 1. The molecule has 13 heteroatoms. The Balaban J connectivity index is 1.23. The summed E-state index contributed by atoms with van der Waals surface area (Å²) in [5.41, 5.74) is 1.59. The van der Waals surface area contributed by atoms with Crippen molar-refractivity contribution in [3.05, 3.63) is 64.7 Å². The van der Waals surface area contributed by atoms with Crippen LogP contribution in [0.25, 0.3) is 0 Å². The van der Waals surface area contributed by atoms with Crippen molar-refractivity contribution in [2.24, 2.45) is 11.8 Å². The quantitative estimate of drug-likeness (QED) is 0.424. The molecule has 11 nitrogen and oxygen atoms in total. The van der Waals surface area contributed by atoms with Gasteiger partial charge in [-0.05, 0) is 106 Å². The van der Waals surface area contributed by atoms with Crippen molar-refractivity contribution < 1.29 is 32.2 Å². The lowest BCUT2D eigenvalue weighted by Gasteiger charge is -2.57. The van der Waals surface area contributed by atoms with Crippen LogP contribution in [0, 0.1) is 11.8 Å². The zero-order chi connectivity index (χ0) is 35.0. The van der Waals surface area contributed by atoms with Gasteiger partial charge in [0.1, 0.15) is 11.9 Å². The van der Waals surface area contributed by atoms with Gasteiger partial charge in [-0.2, -0.15) is 0 Å². The highest BCUT2D eigenvalue weighted by Crippen LogP contribution is 2.50. The van der Waals surface area contributed by atoms with Crippen LogP contribution in [-0.4, -0.2) is 100 Å². The highest BCUT2D eigenvalue weighted by Gasteiger charge is 2.57. The topological polar surface area (TPSA) is 118 Å². The van der Waals surface area contributed by atoms with Gasteiger partial charge in [0.2, 0.25) is 0 Å². The average molecular weight is 725 g/mol. The Labute approximate surface area is 298 Å². The standard InChI is InChI=1S/C37H45ClN4O7S/c1-36(2)34(43)39-50(45,46)27-9-11-31-29(18-27)41(21-37(22-48-31)13-4-6-23-16-25(38)8-10-28(23)37)19-24-17-30-33(24)32(7-5-14-40(36)3)49-35(44)42(30)26-12-15-47-20-26/h5,7-11,16,18,24,26,30,32-33H,4,6,12-15,17,19-22H2,1-3H3,(H,39,43)/b7-5+/t24-,26-,30?,32-,33-,37-/m0/s1. The molecule has 1 spiro atoms. The van der Waals surface area contributed by atoms with Crippen molar-refractivity contribution in [1.82, 2.24) is 14.5 Å². The van der Waals surface area contributed by atoms with Crippen molar-refractivity contribution in [2.75, 3.05) is 51.4 Å². The van der Waals surface area contributed by atoms with Gasteiger partial charge < -0.3 is 19.1 Å². The van der Waals surface area contributed by atoms with E-state index in [0.29, 0.717) is 55.9 Å². The number of hydrogen-bond acceptors (Lipinski definition) is 9. The maximum absolute atomic E-state index is 13.8. The lowest BCUT2D eigenvalue weighted by atomic mass is 9.64. The third-order valence-corrected chi connectivity index (χ3v) is 13.8. The van der Waals surface area contributed by atoms with Crippen LogP contribution in [-0.2, 0) is 36.1 Å². The molecule has 1 saturated carbocycles. The van der Waals surface area contributed by atoms with E-state index < -0.39 is 27.6 Å². The van der Waals surface area contributed by atoms with Crippen molar-refractivity contribution in [1.29, 1.82) is 0 Å². The van der Waals surface area contributed by atoms with Crippen LogP contribution in [0.15, 0.2) is 53.4 Å². The molecular formula is C37H45ClN4O7S. The number of carbonyl (C=O) groups excluding carboxylic acids is 2. The minimum atomic E-state index is -4.22. The summed E-state index contributed by atoms with van der Waals surface area (Å²) in [5.74, 6) is 0.122. The zero-order valence-corrected chi connectivity index (χ0v) is 30.3. The summed E-state index contributed by atoms with van der Waals surface area (Å²) in [4.78, 5) is 33.1. The number of anilines is 1. The predicted molar refractivity (Wildman–Crippen MR) is 188 cm³/mol. The van der Waals surface area contributed by atoms with E-state index in [-0.39, 0.29) is 40.3 Å². The number of carbonyl (C=O) groups is 2. The number of sulfonamides is 1. The Kier molecular flexibility index (Phi) is 8.40. The molecule has 2 aliphatic carbocycles. The second kappa shape index (κ2) is 12.4. The summed E-state index contributed by atoms with van der Waals surface area (Å²) in [7, 11) is -2.44. The lowest BCUT2D eigenvalue weighted by Crippen LogP contribution is -2.67. The number of ether oxygens (including phenoxy) is 3. The molecule has 2 aromatic carbocycles. The molecule has 2 bridgehead atoms. The van der Waals surface area contributed by atoms with Crippen molar-refractivity contribution in [3.63, 3.8) is 0 Å². The molecule has 0 aromatic heterocycles. The van der Waals surface area contributed by atoms with E-state index in [1.54, 1.807) is 37.9 Å². The molecule has 4 heterocycles. The summed E-state index contributed by atoms with van der Waals surface area (Å²) < 4.78 is 48.5. The lowest BCUT2D eigenvalue weighted by molar-refractivity contribution is -0.128. The Morgan fingerprint density at radius 2 is 1.94 bits per heavy atom. The summed E-state index contributed by atoms with van der Waals surface area (Å²) in [6.45, 7) is 6.52. The molecule has 6 aliphatic rings. The van der Waals surface area contributed by atoms with Crippen LogP contribution < -0.4 is 14.4 Å². The van der Waals surface area contributed by atoms with Crippen molar-refractivity contribution >= 4 is 39.3 Å². The summed E-state index contributed by atoms with van der Waals surface area (Å²) in [5, 5.41) is 0.707. The normalized spacial score (nSPS) is 34.0. The van der Waals surface area contributed by atoms with Gasteiger partial charge in [0.15, 0.2) is 0 Å². The number of halogens is 1. The van der Waals surface area contributed by atoms with E-state index >= 15 is 0 Å². The Hall–Kier alpha value is -3.32. The first-order valence-corrected chi connectivity index (χ1v) is 19.5. The number of nitrogens with zero attached hydrogens (tertiary/aromatic N) is 3. The minimum absolute atomic E-state index is 0.00112. The monoisotopic (exact) mass is 724 g/mol. The van der Waals surface area contributed by atoms with Gasteiger partial charge >= 0.3 is 6.09 Å². The average Bonchev–Trinajstić information content (AvgIpc) is 3.54. The molecule has 268 valence electrons. The number of hydrogen-bond donors (Lipinski definition) is 1. The van der Waals surface area contributed by atoms with Gasteiger partial charge in [0.05, 0.1) is 35.4 Å². The highest BCUT2D eigenvalue weighted by molar-refractivity contribution is 7.90. The molecule has 3 fully saturated rings. The first-order chi connectivity index (χ1) is 23.9. The van der Waals surface area contributed by atoms with E-state index in [0.717, 1.165) is 32.1 Å². The SMILES string of the molecule is CN1C/C=C/[C@@H]2OC(=O)N([C@H]3CCOC3)C3C[C@@H](CN4C[C@@]5(CCCc6cc(Cl)ccc65)COc5ccc(cc54)S(=O)(=O)NC(=O)C1(C)C)[C@@H]32.